The number of amides is 1. The number of benzene rings is 1. The van der Waals surface area contributed by atoms with Gasteiger partial charge in [0.2, 0.25) is 5.91 Å². The van der Waals surface area contributed by atoms with Crippen LogP contribution in [0.15, 0.2) is 41.2 Å². The number of carbonyl (C=O) groups excluding carboxylic acids is 1. The standard InChI is InChI=1S/C21H25ClN4O2/c22-16-6-3-9-18(13-16)26-20(27)11-10-19(24-26)25-12-4-5-15(14-25)21(28)23-17-7-1-2-8-17/h3,6,9-11,13,15,17H,1-2,4-5,7-8,12,14H2,(H,23,28). The quantitative estimate of drug-likeness (QED) is 0.856. The Hall–Kier alpha value is -2.34. The number of piperidine rings is 1. The number of nitrogens with one attached hydrogen (secondary N) is 1. The predicted octanol–water partition coefficient (Wildman–Crippen LogP) is 3.16. The fourth-order valence-corrected chi connectivity index (χ4v) is 4.34. The van der Waals surface area contributed by atoms with Crippen molar-refractivity contribution in [3.8, 4) is 5.69 Å². The number of hydrogen-bond acceptors (Lipinski definition) is 4. The van der Waals surface area contributed by atoms with Gasteiger partial charge in [0.25, 0.3) is 5.56 Å². The summed E-state index contributed by atoms with van der Waals surface area (Å²) in [6.07, 6.45) is 6.42. The van der Waals surface area contributed by atoms with Crippen LogP contribution >= 0.6 is 11.6 Å². The van der Waals surface area contributed by atoms with E-state index in [-0.39, 0.29) is 17.4 Å². The summed E-state index contributed by atoms with van der Waals surface area (Å²) < 4.78 is 1.36. The van der Waals surface area contributed by atoms with Crippen molar-refractivity contribution in [2.24, 2.45) is 5.92 Å². The Labute approximate surface area is 169 Å². The lowest BCUT2D eigenvalue weighted by Gasteiger charge is -2.33. The van der Waals surface area contributed by atoms with Crippen molar-refractivity contribution in [3.05, 3.63) is 51.8 Å². The molecule has 1 saturated heterocycles. The molecule has 1 atom stereocenters. The normalized spacial score (nSPS) is 20.3. The van der Waals surface area contributed by atoms with Crippen LogP contribution in [0.1, 0.15) is 38.5 Å². The molecule has 1 aliphatic carbocycles. The number of carbonyl (C=O) groups is 1. The zero-order chi connectivity index (χ0) is 19.5. The molecule has 1 amide bonds. The van der Waals surface area contributed by atoms with Gasteiger partial charge in [0.05, 0.1) is 11.6 Å². The van der Waals surface area contributed by atoms with Gasteiger partial charge in [-0.25, -0.2) is 0 Å². The molecule has 28 heavy (non-hydrogen) atoms. The van der Waals surface area contributed by atoms with E-state index in [0.29, 0.717) is 29.1 Å². The lowest BCUT2D eigenvalue weighted by molar-refractivity contribution is -0.125. The van der Waals surface area contributed by atoms with Crippen molar-refractivity contribution < 1.29 is 4.79 Å². The predicted molar refractivity (Wildman–Crippen MR) is 110 cm³/mol. The summed E-state index contributed by atoms with van der Waals surface area (Å²) in [6.45, 7) is 1.45. The SMILES string of the molecule is O=C(NC1CCCC1)C1CCCN(c2ccc(=O)n(-c3cccc(Cl)c3)n2)C1. The van der Waals surface area contributed by atoms with Crippen LogP contribution in [0.4, 0.5) is 5.82 Å². The van der Waals surface area contributed by atoms with E-state index in [4.69, 9.17) is 11.6 Å². The van der Waals surface area contributed by atoms with Gasteiger partial charge in [0.15, 0.2) is 0 Å². The van der Waals surface area contributed by atoms with E-state index in [9.17, 15) is 9.59 Å². The molecular weight excluding hydrogens is 376 g/mol. The molecule has 2 heterocycles. The maximum atomic E-state index is 12.7. The smallest absolute Gasteiger partial charge is 0.271 e. The third-order valence-corrected chi connectivity index (χ3v) is 5.89. The summed E-state index contributed by atoms with van der Waals surface area (Å²) >= 11 is 6.06. The zero-order valence-electron chi connectivity index (χ0n) is 15.8. The first kappa shape index (κ1) is 19.0. The number of aromatic nitrogens is 2. The van der Waals surface area contributed by atoms with E-state index < -0.39 is 0 Å². The van der Waals surface area contributed by atoms with Crippen LogP contribution in [0.25, 0.3) is 5.69 Å². The van der Waals surface area contributed by atoms with Crippen LogP contribution in [-0.4, -0.2) is 34.8 Å². The lowest BCUT2D eigenvalue weighted by atomic mass is 9.96. The van der Waals surface area contributed by atoms with Crippen molar-refractivity contribution in [1.82, 2.24) is 15.1 Å². The Morgan fingerprint density at radius 3 is 2.71 bits per heavy atom. The van der Waals surface area contributed by atoms with Crippen LogP contribution in [0.3, 0.4) is 0 Å². The Bertz CT molecular complexity index is 907. The Kier molecular flexibility index (Phi) is 5.67. The molecule has 1 aromatic heterocycles. The number of anilines is 1. The van der Waals surface area contributed by atoms with Crippen LogP contribution in [0.5, 0.6) is 0 Å². The van der Waals surface area contributed by atoms with Crippen molar-refractivity contribution in [1.29, 1.82) is 0 Å². The molecular formula is C21H25ClN4O2. The van der Waals surface area contributed by atoms with Gasteiger partial charge >= 0.3 is 0 Å². The highest BCUT2D eigenvalue weighted by molar-refractivity contribution is 6.30. The van der Waals surface area contributed by atoms with Gasteiger partial charge in [-0.15, -0.1) is 5.10 Å². The highest BCUT2D eigenvalue weighted by Crippen LogP contribution is 2.23. The van der Waals surface area contributed by atoms with Gasteiger partial charge in [0.1, 0.15) is 5.82 Å². The average Bonchev–Trinajstić information content (AvgIpc) is 3.21. The monoisotopic (exact) mass is 400 g/mol. The lowest BCUT2D eigenvalue weighted by Crippen LogP contribution is -2.46. The summed E-state index contributed by atoms with van der Waals surface area (Å²) in [5.74, 6) is 0.820. The third-order valence-electron chi connectivity index (χ3n) is 5.66. The summed E-state index contributed by atoms with van der Waals surface area (Å²) in [4.78, 5) is 27.1. The first-order chi connectivity index (χ1) is 13.6. The van der Waals surface area contributed by atoms with Crippen molar-refractivity contribution >= 4 is 23.3 Å². The Morgan fingerprint density at radius 2 is 1.93 bits per heavy atom. The minimum atomic E-state index is -0.210. The van der Waals surface area contributed by atoms with E-state index in [0.717, 1.165) is 32.2 Å². The molecule has 1 aliphatic heterocycles. The van der Waals surface area contributed by atoms with Crippen molar-refractivity contribution in [2.75, 3.05) is 18.0 Å². The second-order valence-electron chi connectivity index (χ2n) is 7.70. The fourth-order valence-electron chi connectivity index (χ4n) is 4.15. The van der Waals surface area contributed by atoms with Gasteiger partial charge in [-0.3, -0.25) is 9.59 Å². The summed E-state index contributed by atoms with van der Waals surface area (Å²) in [7, 11) is 0. The van der Waals surface area contributed by atoms with E-state index >= 15 is 0 Å². The maximum absolute atomic E-state index is 12.7. The second kappa shape index (κ2) is 8.35. The topological polar surface area (TPSA) is 67.2 Å². The fraction of sp³-hybridized carbons (Fsp3) is 0.476. The molecule has 0 spiro atoms. The molecule has 1 N–H and O–H groups in total. The molecule has 148 valence electrons. The molecule has 2 aromatic rings. The molecule has 1 aromatic carbocycles. The summed E-state index contributed by atoms with van der Waals surface area (Å²) in [5.41, 5.74) is 0.422. The second-order valence-corrected chi connectivity index (χ2v) is 8.13. The Morgan fingerprint density at radius 1 is 1.11 bits per heavy atom. The maximum Gasteiger partial charge on any atom is 0.271 e. The highest BCUT2D eigenvalue weighted by Gasteiger charge is 2.29. The van der Waals surface area contributed by atoms with Crippen LogP contribution in [0.2, 0.25) is 5.02 Å². The van der Waals surface area contributed by atoms with Gasteiger partial charge in [0, 0.05) is 30.2 Å². The molecule has 4 rings (SSSR count). The van der Waals surface area contributed by atoms with Gasteiger partial charge in [-0.2, -0.15) is 4.68 Å². The third kappa shape index (κ3) is 4.22. The van der Waals surface area contributed by atoms with Gasteiger partial charge < -0.3 is 10.2 Å². The van der Waals surface area contributed by atoms with E-state index in [1.165, 1.54) is 23.6 Å². The number of rotatable bonds is 4. The zero-order valence-corrected chi connectivity index (χ0v) is 16.6. The molecule has 2 aliphatic rings. The molecule has 0 bridgehead atoms. The number of hydrogen-bond donors (Lipinski definition) is 1. The summed E-state index contributed by atoms with van der Waals surface area (Å²) in [6, 6.07) is 10.7. The van der Waals surface area contributed by atoms with Gasteiger partial charge in [-0.05, 0) is 49.9 Å². The number of nitrogens with zero attached hydrogens (tertiary/aromatic N) is 3. The largest absolute Gasteiger partial charge is 0.354 e. The van der Waals surface area contributed by atoms with Gasteiger partial charge in [-0.1, -0.05) is 30.5 Å². The molecule has 7 heteroatoms. The molecule has 1 unspecified atom stereocenters. The van der Waals surface area contributed by atoms with E-state index in [2.05, 4.69) is 15.3 Å². The first-order valence-electron chi connectivity index (χ1n) is 10.0. The summed E-state index contributed by atoms with van der Waals surface area (Å²) in [5, 5.41) is 8.32. The Balaban J connectivity index is 1.51. The van der Waals surface area contributed by atoms with E-state index in [1.54, 1.807) is 30.3 Å². The first-order valence-corrected chi connectivity index (χ1v) is 10.4. The van der Waals surface area contributed by atoms with Crippen LogP contribution in [0, 0.1) is 5.92 Å². The highest BCUT2D eigenvalue weighted by atomic mass is 35.5. The van der Waals surface area contributed by atoms with Crippen LogP contribution in [-0.2, 0) is 4.79 Å². The molecule has 0 radical (unpaired) electrons. The number of halogens is 1. The minimum absolute atomic E-state index is 0.0392. The van der Waals surface area contributed by atoms with E-state index in [1.807, 2.05) is 0 Å². The minimum Gasteiger partial charge on any atom is -0.354 e. The molecule has 1 saturated carbocycles. The van der Waals surface area contributed by atoms with Crippen molar-refractivity contribution in [3.63, 3.8) is 0 Å². The average molecular weight is 401 g/mol. The van der Waals surface area contributed by atoms with Crippen LogP contribution < -0.4 is 15.8 Å². The molecule has 2 fully saturated rings. The molecule has 6 nitrogen and oxygen atoms in total. The van der Waals surface area contributed by atoms with Crippen molar-refractivity contribution in [2.45, 2.75) is 44.6 Å².